The van der Waals surface area contributed by atoms with Crippen molar-refractivity contribution in [3.63, 3.8) is 0 Å². The van der Waals surface area contributed by atoms with Crippen LogP contribution in [0.2, 0.25) is 0 Å². The van der Waals surface area contributed by atoms with Crippen LogP contribution in [0.25, 0.3) is 22.1 Å². The summed E-state index contributed by atoms with van der Waals surface area (Å²) < 4.78 is 45.4. The van der Waals surface area contributed by atoms with Gasteiger partial charge in [0.05, 0.1) is 25.5 Å². The molecule has 0 saturated heterocycles. The Bertz CT molecular complexity index is 1290. The summed E-state index contributed by atoms with van der Waals surface area (Å²) >= 11 is 0. The van der Waals surface area contributed by atoms with Crippen LogP contribution in [0.4, 0.5) is 8.78 Å². The molecule has 0 spiro atoms. The number of carbonyl (C=O) groups is 1. The van der Waals surface area contributed by atoms with E-state index in [-0.39, 0.29) is 31.0 Å². The minimum absolute atomic E-state index is 0.0142. The number of esters is 1. The average molecular weight is 438 g/mol. The van der Waals surface area contributed by atoms with Crippen LogP contribution in [-0.4, -0.2) is 18.1 Å². The summed E-state index contributed by atoms with van der Waals surface area (Å²) in [5.41, 5.74) is 8.05. The largest absolute Gasteiger partial charge is 0.486 e. The van der Waals surface area contributed by atoms with Gasteiger partial charge in [0.25, 0.3) is 0 Å². The first-order valence-corrected chi connectivity index (χ1v) is 9.82. The third-order valence-corrected chi connectivity index (χ3v) is 5.05. The molecule has 2 aromatic heterocycles. The van der Waals surface area contributed by atoms with Crippen molar-refractivity contribution in [2.75, 3.05) is 7.11 Å². The number of aromatic nitrogens is 1. The summed E-state index contributed by atoms with van der Waals surface area (Å²) in [5.74, 6) is -1.66. The Hall–Kier alpha value is -3.78. The van der Waals surface area contributed by atoms with Crippen molar-refractivity contribution in [2.24, 2.45) is 5.73 Å². The number of rotatable bonds is 7. The van der Waals surface area contributed by atoms with Crippen LogP contribution in [0.15, 0.2) is 59.3 Å². The molecule has 0 aliphatic carbocycles. The number of fused-ring (bicyclic) bond motifs is 1. The molecule has 0 unspecified atom stereocenters. The number of carbonyl (C=O) groups excluding carboxylic acids is 1. The number of ether oxygens (including phenoxy) is 2. The molecular formula is C24H20F2N2O4. The predicted octanol–water partition coefficient (Wildman–Crippen LogP) is 4.53. The smallest absolute Gasteiger partial charge is 0.310 e. The highest BCUT2D eigenvalue weighted by Gasteiger charge is 2.18. The van der Waals surface area contributed by atoms with Crippen LogP contribution in [0.5, 0.6) is 5.75 Å². The summed E-state index contributed by atoms with van der Waals surface area (Å²) in [5, 5.41) is 0.731. The molecule has 0 bridgehead atoms. The zero-order valence-corrected chi connectivity index (χ0v) is 17.2. The van der Waals surface area contributed by atoms with Gasteiger partial charge < -0.3 is 19.6 Å². The molecule has 0 fully saturated rings. The van der Waals surface area contributed by atoms with Gasteiger partial charge in [0.15, 0.2) is 17.4 Å². The number of para-hydroxylation sites is 1. The van der Waals surface area contributed by atoms with Crippen molar-refractivity contribution >= 4 is 16.9 Å². The summed E-state index contributed by atoms with van der Waals surface area (Å²) in [4.78, 5) is 15.6. The van der Waals surface area contributed by atoms with E-state index in [9.17, 15) is 13.6 Å². The average Bonchev–Trinajstić information content (AvgIpc) is 3.27. The Morgan fingerprint density at radius 1 is 1.16 bits per heavy atom. The maximum Gasteiger partial charge on any atom is 0.310 e. The number of benzene rings is 2. The Morgan fingerprint density at radius 2 is 2.00 bits per heavy atom. The second-order valence-electron chi connectivity index (χ2n) is 7.08. The van der Waals surface area contributed by atoms with Crippen molar-refractivity contribution in [1.82, 2.24) is 4.98 Å². The molecule has 164 valence electrons. The molecule has 0 aliphatic heterocycles. The van der Waals surface area contributed by atoms with Gasteiger partial charge in [-0.05, 0) is 35.9 Å². The lowest BCUT2D eigenvalue weighted by molar-refractivity contribution is -0.139. The lowest BCUT2D eigenvalue weighted by atomic mass is 10.00. The van der Waals surface area contributed by atoms with E-state index in [2.05, 4.69) is 9.72 Å². The second-order valence-corrected chi connectivity index (χ2v) is 7.08. The van der Waals surface area contributed by atoms with Gasteiger partial charge in [0.1, 0.15) is 12.2 Å². The Morgan fingerprint density at radius 3 is 2.78 bits per heavy atom. The van der Waals surface area contributed by atoms with Gasteiger partial charge in [-0.25, -0.2) is 8.78 Å². The Labute approximate surface area is 182 Å². The monoisotopic (exact) mass is 438 g/mol. The zero-order valence-electron chi connectivity index (χ0n) is 17.2. The maximum absolute atomic E-state index is 14.9. The van der Waals surface area contributed by atoms with E-state index in [0.29, 0.717) is 27.8 Å². The molecule has 0 radical (unpaired) electrons. The molecule has 0 saturated carbocycles. The van der Waals surface area contributed by atoms with Gasteiger partial charge in [-0.2, -0.15) is 0 Å². The van der Waals surface area contributed by atoms with Crippen molar-refractivity contribution in [2.45, 2.75) is 19.6 Å². The fourth-order valence-corrected chi connectivity index (χ4v) is 3.50. The van der Waals surface area contributed by atoms with Crippen molar-refractivity contribution in [3.8, 4) is 16.9 Å². The molecule has 0 atom stereocenters. The Kier molecular flexibility index (Phi) is 6.13. The number of pyridine rings is 1. The molecule has 2 aromatic carbocycles. The predicted molar refractivity (Wildman–Crippen MR) is 114 cm³/mol. The zero-order chi connectivity index (χ0) is 22.7. The van der Waals surface area contributed by atoms with Gasteiger partial charge in [-0.1, -0.05) is 12.1 Å². The minimum Gasteiger partial charge on any atom is -0.486 e. The van der Waals surface area contributed by atoms with E-state index in [1.807, 2.05) is 6.07 Å². The lowest BCUT2D eigenvalue weighted by Crippen LogP contribution is -2.08. The van der Waals surface area contributed by atoms with Crippen molar-refractivity contribution in [1.29, 1.82) is 0 Å². The summed E-state index contributed by atoms with van der Waals surface area (Å²) in [6.45, 7) is -0.0559. The number of nitrogens with two attached hydrogens (primary N) is 1. The second kappa shape index (κ2) is 9.15. The number of halogens is 2. The van der Waals surface area contributed by atoms with Crippen LogP contribution in [0, 0.1) is 11.6 Å². The highest BCUT2D eigenvalue weighted by Crippen LogP contribution is 2.34. The van der Waals surface area contributed by atoms with Crippen LogP contribution >= 0.6 is 0 Å². The first kappa shape index (κ1) is 21.5. The summed E-state index contributed by atoms with van der Waals surface area (Å²) in [7, 11) is 1.26. The number of furan rings is 1. The highest BCUT2D eigenvalue weighted by atomic mass is 19.1. The third-order valence-electron chi connectivity index (χ3n) is 5.05. The van der Waals surface area contributed by atoms with Crippen LogP contribution in [0.1, 0.15) is 16.8 Å². The van der Waals surface area contributed by atoms with Gasteiger partial charge in [-0.15, -0.1) is 0 Å². The number of hydrogen-bond donors (Lipinski definition) is 1. The van der Waals surface area contributed by atoms with E-state index >= 15 is 0 Å². The number of hydrogen-bond acceptors (Lipinski definition) is 6. The number of nitrogens with zero attached hydrogens (tertiary/aromatic N) is 1. The van der Waals surface area contributed by atoms with Crippen LogP contribution in [0.3, 0.4) is 0 Å². The molecule has 32 heavy (non-hydrogen) atoms. The van der Waals surface area contributed by atoms with Gasteiger partial charge in [0.2, 0.25) is 0 Å². The number of methoxy groups -OCH3 is 1. The normalized spacial score (nSPS) is 11.0. The van der Waals surface area contributed by atoms with E-state index in [0.717, 1.165) is 5.39 Å². The standard InChI is InChI=1S/C24H20F2N2O4/c1-30-21(29)11-15-3-2-4-19(25)24(15)32-13-14-9-16-6-8-31-23(16)18(10-14)17-5-7-28-20(12-27)22(17)26/h2-10H,11-13,27H2,1H3. The fourth-order valence-electron chi connectivity index (χ4n) is 3.50. The van der Waals surface area contributed by atoms with Crippen LogP contribution in [-0.2, 0) is 29.1 Å². The third kappa shape index (κ3) is 4.17. The molecule has 2 N–H and O–H groups in total. The molecule has 6 nitrogen and oxygen atoms in total. The van der Waals surface area contributed by atoms with Crippen molar-refractivity contribution < 1.29 is 27.5 Å². The molecule has 0 amide bonds. The highest BCUT2D eigenvalue weighted by molar-refractivity contribution is 5.93. The molecule has 2 heterocycles. The molecule has 4 aromatic rings. The topological polar surface area (TPSA) is 87.6 Å². The molecule has 8 heteroatoms. The van der Waals surface area contributed by atoms with E-state index < -0.39 is 17.6 Å². The summed E-state index contributed by atoms with van der Waals surface area (Å²) in [6.07, 6.45) is 2.86. The van der Waals surface area contributed by atoms with Gasteiger partial charge in [0, 0.05) is 34.8 Å². The minimum atomic E-state index is -0.594. The van der Waals surface area contributed by atoms with Crippen LogP contribution < -0.4 is 10.5 Å². The fraction of sp³-hybridized carbons (Fsp3) is 0.167. The molecule has 4 rings (SSSR count). The molecule has 0 aliphatic rings. The van der Waals surface area contributed by atoms with E-state index in [1.165, 1.54) is 31.7 Å². The quantitative estimate of drug-likeness (QED) is 0.427. The Balaban J connectivity index is 1.70. The first-order chi connectivity index (χ1) is 15.5. The summed E-state index contributed by atoms with van der Waals surface area (Å²) in [6, 6.07) is 11.2. The molecular weight excluding hydrogens is 418 g/mol. The van der Waals surface area contributed by atoms with E-state index in [4.69, 9.17) is 14.9 Å². The maximum atomic E-state index is 14.9. The van der Waals surface area contributed by atoms with Gasteiger partial charge in [-0.3, -0.25) is 9.78 Å². The van der Waals surface area contributed by atoms with E-state index in [1.54, 1.807) is 24.3 Å². The first-order valence-electron chi connectivity index (χ1n) is 9.82. The van der Waals surface area contributed by atoms with Gasteiger partial charge >= 0.3 is 5.97 Å². The SMILES string of the molecule is COC(=O)Cc1cccc(F)c1OCc1cc(-c2ccnc(CN)c2F)c2occc2c1. The lowest BCUT2D eigenvalue weighted by Gasteiger charge is -2.13. The van der Waals surface area contributed by atoms with Crippen molar-refractivity contribution in [3.05, 3.63) is 83.4 Å².